The Morgan fingerprint density at radius 3 is 2.69 bits per heavy atom. The minimum absolute atomic E-state index is 0.0731. The molecule has 1 fully saturated rings. The first-order chi connectivity index (χ1) is 7.53. The van der Waals surface area contributed by atoms with Gasteiger partial charge < -0.3 is 15.7 Å². The van der Waals surface area contributed by atoms with Crippen LogP contribution in [0.3, 0.4) is 0 Å². The molecule has 1 saturated carbocycles. The van der Waals surface area contributed by atoms with Gasteiger partial charge >= 0.3 is 0 Å². The Morgan fingerprint density at radius 1 is 1.44 bits per heavy atom. The summed E-state index contributed by atoms with van der Waals surface area (Å²) in [6, 6.07) is 0.466. The predicted octanol–water partition coefficient (Wildman–Crippen LogP) is 0.653. The maximum Gasteiger partial charge on any atom is 0.220 e. The van der Waals surface area contributed by atoms with Crippen LogP contribution < -0.4 is 10.6 Å². The van der Waals surface area contributed by atoms with Crippen molar-refractivity contribution in [1.82, 2.24) is 10.6 Å². The van der Waals surface area contributed by atoms with E-state index in [0.29, 0.717) is 12.5 Å². The van der Waals surface area contributed by atoms with E-state index in [-0.39, 0.29) is 17.9 Å². The van der Waals surface area contributed by atoms with Crippen LogP contribution in [0.1, 0.15) is 39.5 Å². The molecule has 0 atom stereocenters. The highest BCUT2D eigenvalue weighted by atomic mass is 16.3. The van der Waals surface area contributed by atoms with E-state index in [1.54, 1.807) is 0 Å². The van der Waals surface area contributed by atoms with Gasteiger partial charge in [-0.3, -0.25) is 4.79 Å². The maximum absolute atomic E-state index is 11.3. The van der Waals surface area contributed by atoms with Crippen molar-refractivity contribution in [2.75, 3.05) is 19.7 Å². The fourth-order valence-electron chi connectivity index (χ4n) is 1.38. The molecule has 1 aliphatic carbocycles. The number of aliphatic hydroxyl groups excluding tert-OH is 1. The SMILES string of the molecule is CC(C)(CO)CNCCCC(=O)NC1CC1. The highest BCUT2D eigenvalue weighted by Gasteiger charge is 2.22. The molecule has 0 heterocycles. The molecule has 0 saturated heterocycles. The minimum Gasteiger partial charge on any atom is -0.396 e. The van der Waals surface area contributed by atoms with Crippen molar-refractivity contribution in [2.24, 2.45) is 5.41 Å². The van der Waals surface area contributed by atoms with E-state index in [2.05, 4.69) is 10.6 Å². The molecule has 0 aliphatic heterocycles. The zero-order valence-electron chi connectivity index (χ0n) is 10.4. The zero-order chi connectivity index (χ0) is 12.0. The third-order valence-electron chi connectivity index (χ3n) is 2.73. The van der Waals surface area contributed by atoms with E-state index in [1.807, 2.05) is 13.8 Å². The van der Waals surface area contributed by atoms with Gasteiger partial charge in [-0.15, -0.1) is 0 Å². The summed E-state index contributed by atoms with van der Waals surface area (Å²) < 4.78 is 0. The van der Waals surface area contributed by atoms with Crippen LogP contribution in [0.25, 0.3) is 0 Å². The van der Waals surface area contributed by atoms with Crippen LogP contribution in [0.4, 0.5) is 0 Å². The number of aliphatic hydroxyl groups is 1. The quantitative estimate of drug-likeness (QED) is 0.535. The lowest BCUT2D eigenvalue weighted by molar-refractivity contribution is -0.121. The largest absolute Gasteiger partial charge is 0.396 e. The van der Waals surface area contributed by atoms with E-state index in [4.69, 9.17) is 5.11 Å². The van der Waals surface area contributed by atoms with Crippen LogP contribution >= 0.6 is 0 Å². The third-order valence-corrected chi connectivity index (χ3v) is 2.73. The van der Waals surface area contributed by atoms with Gasteiger partial charge in [-0.1, -0.05) is 13.8 Å². The molecule has 0 aromatic rings. The summed E-state index contributed by atoms with van der Waals surface area (Å²) >= 11 is 0. The van der Waals surface area contributed by atoms with Crippen molar-refractivity contribution in [3.8, 4) is 0 Å². The second-order valence-electron chi connectivity index (χ2n) is 5.44. The van der Waals surface area contributed by atoms with Crippen LogP contribution in [0.5, 0.6) is 0 Å². The Hall–Kier alpha value is -0.610. The van der Waals surface area contributed by atoms with E-state index in [1.165, 1.54) is 0 Å². The molecule has 4 heteroatoms. The summed E-state index contributed by atoms with van der Waals surface area (Å²) in [6.07, 6.45) is 3.76. The lowest BCUT2D eigenvalue weighted by atomic mass is 9.95. The first-order valence-corrected chi connectivity index (χ1v) is 6.14. The predicted molar refractivity (Wildman–Crippen MR) is 64.1 cm³/mol. The Labute approximate surface area is 97.8 Å². The molecule has 16 heavy (non-hydrogen) atoms. The van der Waals surface area contributed by atoms with Crippen LogP contribution in [0.2, 0.25) is 0 Å². The van der Waals surface area contributed by atoms with E-state index in [0.717, 1.165) is 32.4 Å². The summed E-state index contributed by atoms with van der Waals surface area (Å²) in [4.78, 5) is 11.3. The first kappa shape index (κ1) is 13.5. The van der Waals surface area contributed by atoms with E-state index in [9.17, 15) is 4.79 Å². The van der Waals surface area contributed by atoms with Gasteiger partial charge in [0.15, 0.2) is 0 Å². The van der Waals surface area contributed by atoms with Crippen LogP contribution in [-0.2, 0) is 4.79 Å². The van der Waals surface area contributed by atoms with Gasteiger partial charge in [-0.2, -0.15) is 0 Å². The highest BCUT2D eigenvalue weighted by Crippen LogP contribution is 2.18. The molecule has 4 nitrogen and oxygen atoms in total. The zero-order valence-corrected chi connectivity index (χ0v) is 10.4. The van der Waals surface area contributed by atoms with Crippen molar-refractivity contribution in [2.45, 2.75) is 45.6 Å². The Balaban J connectivity index is 1.92. The van der Waals surface area contributed by atoms with Crippen molar-refractivity contribution in [3.05, 3.63) is 0 Å². The Kier molecular flexibility index (Phi) is 5.22. The van der Waals surface area contributed by atoms with Crippen molar-refractivity contribution in [3.63, 3.8) is 0 Å². The first-order valence-electron chi connectivity index (χ1n) is 6.14. The van der Waals surface area contributed by atoms with Gasteiger partial charge in [0, 0.05) is 31.0 Å². The number of carbonyl (C=O) groups is 1. The molecular formula is C12H24N2O2. The number of hydrogen-bond donors (Lipinski definition) is 3. The van der Waals surface area contributed by atoms with Gasteiger partial charge in [0.2, 0.25) is 5.91 Å². The average molecular weight is 228 g/mol. The minimum atomic E-state index is -0.0731. The van der Waals surface area contributed by atoms with Gasteiger partial charge in [0.05, 0.1) is 0 Å². The summed E-state index contributed by atoms with van der Waals surface area (Å²) in [5, 5.41) is 15.3. The second kappa shape index (κ2) is 6.21. The van der Waals surface area contributed by atoms with Crippen molar-refractivity contribution < 1.29 is 9.90 Å². The number of rotatable bonds is 8. The molecule has 0 radical (unpaired) electrons. The summed E-state index contributed by atoms with van der Waals surface area (Å²) in [7, 11) is 0. The van der Waals surface area contributed by atoms with Crippen molar-refractivity contribution >= 4 is 5.91 Å². The molecule has 0 aromatic heterocycles. The lowest BCUT2D eigenvalue weighted by Gasteiger charge is -2.21. The van der Waals surface area contributed by atoms with Crippen molar-refractivity contribution in [1.29, 1.82) is 0 Å². The highest BCUT2D eigenvalue weighted by molar-refractivity contribution is 5.76. The summed E-state index contributed by atoms with van der Waals surface area (Å²) in [5.41, 5.74) is -0.0731. The molecule has 0 aromatic carbocycles. The molecule has 94 valence electrons. The van der Waals surface area contributed by atoms with Crippen LogP contribution in [0, 0.1) is 5.41 Å². The maximum atomic E-state index is 11.3. The van der Waals surface area contributed by atoms with Gasteiger partial charge in [-0.25, -0.2) is 0 Å². The van der Waals surface area contributed by atoms with E-state index >= 15 is 0 Å². The number of nitrogens with one attached hydrogen (secondary N) is 2. The smallest absolute Gasteiger partial charge is 0.220 e. The molecule has 0 bridgehead atoms. The fraction of sp³-hybridized carbons (Fsp3) is 0.917. The second-order valence-corrected chi connectivity index (χ2v) is 5.44. The molecule has 1 aliphatic rings. The molecular weight excluding hydrogens is 204 g/mol. The van der Waals surface area contributed by atoms with Gasteiger partial charge in [0.25, 0.3) is 0 Å². The molecule has 3 N–H and O–H groups in total. The van der Waals surface area contributed by atoms with Gasteiger partial charge in [-0.05, 0) is 25.8 Å². The summed E-state index contributed by atoms with van der Waals surface area (Å²) in [6.45, 7) is 5.83. The monoisotopic (exact) mass is 228 g/mol. The van der Waals surface area contributed by atoms with Gasteiger partial charge in [0.1, 0.15) is 0 Å². The molecule has 1 rings (SSSR count). The number of amides is 1. The normalized spacial score (nSPS) is 16.2. The van der Waals surface area contributed by atoms with Crippen LogP contribution in [-0.4, -0.2) is 36.8 Å². The Morgan fingerprint density at radius 2 is 2.12 bits per heavy atom. The molecule has 1 amide bonds. The fourth-order valence-corrected chi connectivity index (χ4v) is 1.38. The van der Waals surface area contributed by atoms with Crippen LogP contribution in [0.15, 0.2) is 0 Å². The molecule has 0 unspecified atom stereocenters. The third kappa shape index (κ3) is 6.08. The summed E-state index contributed by atoms with van der Waals surface area (Å²) in [5.74, 6) is 0.172. The number of hydrogen-bond acceptors (Lipinski definition) is 3. The molecule has 0 spiro atoms. The number of carbonyl (C=O) groups excluding carboxylic acids is 1. The topological polar surface area (TPSA) is 61.4 Å². The lowest BCUT2D eigenvalue weighted by Crippen LogP contribution is -2.33. The Bertz CT molecular complexity index is 225. The average Bonchev–Trinajstić information content (AvgIpc) is 3.01. The van der Waals surface area contributed by atoms with E-state index < -0.39 is 0 Å². The standard InChI is InChI=1S/C12H24N2O2/c1-12(2,9-15)8-13-7-3-4-11(16)14-10-5-6-10/h10,13,15H,3-9H2,1-2H3,(H,14,16).